The van der Waals surface area contributed by atoms with Crippen molar-refractivity contribution in [3.05, 3.63) is 43.8 Å². The van der Waals surface area contributed by atoms with E-state index >= 15 is 0 Å². The zero-order valence-electron chi connectivity index (χ0n) is 9.57. The van der Waals surface area contributed by atoms with Crippen molar-refractivity contribution in [3.63, 3.8) is 0 Å². The van der Waals surface area contributed by atoms with E-state index in [0.717, 1.165) is 10.9 Å². The molecule has 0 bridgehead atoms. The van der Waals surface area contributed by atoms with E-state index in [9.17, 15) is 0 Å². The van der Waals surface area contributed by atoms with Crippen LogP contribution in [0, 0.1) is 0 Å². The van der Waals surface area contributed by atoms with Crippen LogP contribution >= 0.6 is 50.9 Å². The highest BCUT2D eigenvalue weighted by Gasteiger charge is 2.37. The second-order valence-corrected chi connectivity index (χ2v) is 7.85. The van der Waals surface area contributed by atoms with Crippen LogP contribution in [0.1, 0.15) is 24.3 Å². The molecule has 1 saturated carbocycles. The summed E-state index contributed by atoms with van der Waals surface area (Å²) >= 11 is 17.6. The summed E-state index contributed by atoms with van der Waals surface area (Å²) in [6, 6.07) is 6.43. The second-order valence-electron chi connectivity index (χ2n) is 4.64. The van der Waals surface area contributed by atoms with Crippen molar-refractivity contribution in [2.75, 3.05) is 5.88 Å². The van der Waals surface area contributed by atoms with Gasteiger partial charge in [-0.3, -0.25) is 0 Å². The molecule has 1 heterocycles. The molecule has 0 N–H and O–H groups in total. The lowest BCUT2D eigenvalue weighted by Crippen LogP contribution is -2.41. The fourth-order valence-electron chi connectivity index (χ4n) is 2.58. The molecule has 0 saturated heterocycles. The Morgan fingerprint density at radius 2 is 2.11 bits per heavy atom. The molecule has 96 valence electrons. The third kappa shape index (κ3) is 2.43. The maximum absolute atomic E-state index is 6.30. The van der Waals surface area contributed by atoms with Gasteiger partial charge in [0, 0.05) is 28.2 Å². The molecular formula is C13H12BrCl2NS. The zero-order chi connectivity index (χ0) is 12.7. The molecule has 2 atom stereocenters. The standard InChI is InChI=1S/C13H12BrCl2NS/c14-13-6-17(7-18-13)12-4-3-10(12)9-2-1-8(15)5-11(9)16/h1-2,5-6,10,12H,3-4,7H2/t10-,12-/m0/s1. The van der Waals surface area contributed by atoms with Gasteiger partial charge >= 0.3 is 0 Å². The number of hydrogen-bond donors (Lipinski definition) is 0. The van der Waals surface area contributed by atoms with Gasteiger partial charge in [-0.25, -0.2) is 0 Å². The minimum absolute atomic E-state index is 0.532. The summed E-state index contributed by atoms with van der Waals surface area (Å²) in [7, 11) is 0. The summed E-state index contributed by atoms with van der Waals surface area (Å²) in [6.07, 6.45) is 4.64. The Kier molecular flexibility index (Phi) is 3.86. The first-order valence-corrected chi connectivity index (χ1v) is 8.39. The lowest BCUT2D eigenvalue weighted by molar-refractivity contribution is 0.174. The zero-order valence-corrected chi connectivity index (χ0v) is 13.5. The predicted octanol–water partition coefficient (Wildman–Crippen LogP) is 5.44. The summed E-state index contributed by atoms with van der Waals surface area (Å²) in [5, 5.41) is 1.51. The van der Waals surface area contributed by atoms with E-state index in [-0.39, 0.29) is 0 Å². The molecule has 1 aromatic carbocycles. The van der Waals surface area contributed by atoms with E-state index in [1.807, 2.05) is 23.9 Å². The van der Waals surface area contributed by atoms with Gasteiger partial charge in [-0.2, -0.15) is 0 Å². The van der Waals surface area contributed by atoms with Crippen LogP contribution in [0.5, 0.6) is 0 Å². The van der Waals surface area contributed by atoms with Gasteiger partial charge in [0.25, 0.3) is 0 Å². The molecular weight excluding hydrogens is 353 g/mol. The van der Waals surface area contributed by atoms with Gasteiger partial charge in [-0.1, -0.05) is 41.0 Å². The monoisotopic (exact) mass is 363 g/mol. The van der Waals surface area contributed by atoms with Crippen molar-refractivity contribution in [2.45, 2.75) is 24.8 Å². The van der Waals surface area contributed by atoms with Crippen molar-refractivity contribution < 1.29 is 0 Å². The van der Waals surface area contributed by atoms with Crippen LogP contribution in [-0.2, 0) is 0 Å². The Labute approximate surface area is 130 Å². The first kappa shape index (κ1) is 13.2. The number of hydrogen-bond acceptors (Lipinski definition) is 2. The van der Waals surface area contributed by atoms with Crippen molar-refractivity contribution >= 4 is 50.9 Å². The van der Waals surface area contributed by atoms with Gasteiger partial charge in [-0.15, -0.1) is 0 Å². The highest BCUT2D eigenvalue weighted by Crippen LogP contribution is 2.46. The fraction of sp³-hybridized carbons (Fsp3) is 0.385. The highest BCUT2D eigenvalue weighted by molar-refractivity contribution is 9.14. The smallest absolute Gasteiger partial charge is 0.0689 e. The lowest BCUT2D eigenvalue weighted by atomic mass is 9.74. The molecule has 3 rings (SSSR count). The van der Waals surface area contributed by atoms with Gasteiger partial charge in [0.1, 0.15) is 0 Å². The van der Waals surface area contributed by atoms with Gasteiger partial charge in [0.2, 0.25) is 0 Å². The Morgan fingerprint density at radius 1 is 1.28 bits per heavy atom. The average molecular weight is 365 g/mol. The molecule has 1 aliphatic carbocycles. The number of nitrogens with zero attached hydrogens (tertiary/aromatic N) is 1. The summed E-state index contributed by atoms with van der Waals surface area (Å²) in [4.78, 5) is 2.41. The average Bonchev–Trinajstić information content (AvgIpc) is 2.67. The first-order chi connectivity index (χ1) is 8.65. The molecule has 0 radical (unpaired) electrons. The van der Waals surface area contributed by atoms with E-state index in [2.05, 4.69) is 33.1 Å². The Hall–Kier alpha value is 0.170. The third-order valence-electron chi connectivity index (χ3n) is 3.64. The van der Waals surface area contributed by atoms with E-state index in [0.29, 0.717) is 17.0 Å². The highest BCUT2D eigenvalue weighted by atomic mass is 79.9. The molecule has 0 aromatic heterocycles. The predicted molar refractivity (Wildman–Crippen MR) is 83.5 cm³/mol. The normalized spacial score (nSPS) is 27.1. The topological polar surface area (TPSA) is 3.24 Å². The van der Waals surface area contributed by atoms with Crippen molar-refractivity contribution in [1.82, 2.24) is 4.90 Å². The van der Waals surface area contributed by atoms with Gasteiger partial charge < -0.3 is 4.90 Å². The number of halogens is 3. The molecule has 0 amide bonds. The summed E-state index contributed by atoms with van der Waals surface area (Å²) < 4.78 is 1.22. The van der Waals surface area contributed by atoms with Crippen LogP contribution in [0.3, 0.4) is 0 Å². The maximum atomic E-state index is 6.30. The van der Waals surface area contributed by atoms with Crippen molar-refractivity contribution in [1.29, 1.82) is 0 Å². The Bertz CT molecular complexity index is 506. The molecule has 5 heteroatoms. The summed E-state index contributed by atoms with van der Waals surface area (Å²) in [5.41, 5.74) is 1.23. The maximum Gasteiger partial charge on any atom is 0.0689 e. The Balaban J connectivity index is 1.81. The summed E-state index contributed by atoms with van der Waals surface area (Å²) in [6.45, 7) is 0. The number of rotatable bonds is 2. The van der Waals surface area contributed by atoms with Crippen LogP contribution < -0.4 is 0 Å². The molecule has 1 nitrogen and oxygen atoms in total. The van der Waals surface area contributed by atoms with Crippen LogP contribution in [0.25, 0.3) is 0 Å². The van der Waals surface area contributed by atoms with E-state index in [1.54, 1.807) is 0 Å². The van der Waals surface area contributed by atoms with Crippen LogP contribution in [0.15, 0.2) is 28.2 Å². The minimum atomic E-state index is 0.532. The van der Waals surface area contributed by atoms with Crippen LogP contribution in [-0.4, -0.2) is 16.8 Å². The largest absolute Gasteiger partial charge is 0.363 e. The summed E-state index contributed by atoms with van der Waals surface area (Å²) in [5.74, 6) is 1.57. The molecule has 1 aromatic rings. The van der Waals surface area contributed by atoms with E-state index in [4.69, 9.17) is 23.2 Å². The van der Waals surface area contributed by atoms with E-state index in [1.165, 1.54) is 22.2 Å². The fourth-order valence-corrected chi connectivity index (χ4v) is 4.44. The minimum Gasteiger partial charge on any atom is -0.363 e. The van der Waals surface area contributed by atoms with Gasteiger partial charge in [0.15, 0.2) is 0 Å². The molecule has 0 unspecified atom stereocenters. The van der Waals surface area contributed by atoms with Gasteiger partial charge in [-0.05, 0) is 46.5 Å². The van der Waals surface area contributed by atoms with Gasteiger partial charge in [0.05, 0.1) is 9.69 Å². The number of benzene rings is 1. The van der Waals surface area contributed by atoms with Crippen LogP contribution in [0.4, 0.5) is 0 Å². The van der Waals surface area contributed by atoms with E-state index < -0.39 is 0 Å². The molecule has 1 fully saturated rings. The second kappa shape index (κ2) is 5.28. The molecule has 18 heavy (non-hydrogen) atoms. The molecule has 1 aliphatic heterocycles. The molecule has 0 spiro atoms. The number of thioether (sulfide) groups is 1. The Morgan fingerprint density at radius 3 is 2.67 bits per heavy atom. The lowest BCUT2D eigenvalue weighted by Gasteiger charge is -2.43. The SMILES string of the molecule is Clc1ccc([C@@H]2CC[C@@H]2N2C=C(Br)SC2)c(Cl)c1. The molecule has 2 aliphatic rings. The first-order valence-electron chi connectivity index (χ1n) is 5.86. The van der Waals surface area contributed by atoms with Crippen molar-refractivity contribution in [2.24, 2.45) is 0 Å². The quantitative estimate of drug-likeness (QED) is 0.687. The van der Waals surface area contributed by atoms with Crippen LogP contribution in [0.2, 0.25) is 10.0 Å². The van der Waals surface area contributed by atoms with Crippen molar-refractivity contribution in [3.8, 4) is 0 Å². The third-order valence-corrected chi connectivity index (χ3v) is 5.91.